The van der Waals surface area contributed by atoms with Gasteiger partial charge in [0, 0.05) is 0 Å². The zero-order chi connectivity index (χ0) is 19.0. The van der Waals surface area contributed by atoms with Gasteiger partial charge in [-0.15, -0.1) is 0 Å². The summed E-state index contributed by atoms with van der Waals surface area (Å²) in [6, 6.07) is 0. The molecule has 10 heteroatoms. The molecule has 0 saturated carbocycles. The van der Waals surface area contributed by atoms with Crippen molar-refractivity contribution in [3.8, 4) is 0 Å². The third-order valence-corrected chi connectivity index (χ3v) is 4.74. The van der Waals surface area contributed by atoms with Crippen molar-refractivity contribution in [2.45, 2.75) is 50.0 Å². The van der Waals surface area contributed by atoms with E-state index in [0.717, 1.165) is 0 Å². The van der Waals surface area contributed by atoms with E-state index in [9.17, 15) is 30.3 Å². The molecule has 3 aliphatic heterocycles. The molecule has 1 saturated heterocycles. The predicted octanol–water partition coefficient (Wildman–Crippen LogP) is -2.48. The standard InChI is InChI=1S/C16H22O10/c1-6-10(7-2-3-23-14(21)8(7)5-24-6)15(22)26-16-13(20)12(19)11(18)9(4-17)25-16/h2,5-6,9-13,15-20,22H,3-4H2,1H3/t6?,9-,10?,11-,12+,13-,15?,16+/m1/s1. The maximum atomic E-state index is 11.8. The second-order valence-electron chi connectivity index (χ2n) is 6.38. The van der Waals surface area contributed by atoms with E-state index in [1.807, 2.05) is 0 Å². The molecular weight excluding hydrogens is 352 g/mol. The average Bonchev–Trinajstić information content (AvgIpc) is 2.62. The van der Waals surface area contributed by atoms with E-state index in [2.05, 4.69) is 0 Å². The van der Waals surface area contributed by atoms with Crippen molar-refractivity contribution < 1.29 is 49.3 Å². The number of carbonyl (C=O) groups excluding carboxylic acids is 1. The van der Waals surface area contributed by atoms with Gasteiger partial charge in [-0.25, -0.2) is 4.79 Å². The quantitative estimate of drug-likeness (QED) is 0.264. The van der Waals surface area contributed by atoms with Crippen LogP contribution in [0.2, 0.25) is 0 Å². The largest absolute Gasteiger partial charge is 0.497 e. The van der Waals surface area contributed by atoms with Crippen LogP contribution in [0.25, 0.3) is 0 Å². The van der Waals surface area contributed by atoms with E-state index in [1.54, 1.807) is 13.0 Å². The van der Waals surface area contributed by atoms with Crippen molar-refractivity contribution in [3.05, 3.63) is 23.5 Å². The van der Waals surface area contributed by atoms with Crippen LogP contribution >= 0.6 is 0 Å². The van der Waals surface area contributed by atoms with Crippen molar-refractivity contribution in [3.63, 3.8) is 0 Å². The lowest BCUT2D eigenvalue weighted by atomic mass is 9.85. The van der Waals surface area contributed by atoms with Crippen LogP contribution in [0.15, 0.2) is 23.5 Å². The van der Waals surface area contributed by atoms with E-state index >= 15 is 0 Å². The number of rotatable bonds is 4. The van der Waals surface area contributed by atoms with Crippen molar-refractivity contribution in [1.82, 2.24) is 0 Å². The third-order valence-electron chi connectivity index (χ3n) is 4.74. The smallest absolute Gasteiger partial charge is 0.341 e. The fraction of sp³-hybridized carbons (Fsp3) is 0.688. The van der Waals surface area contributed by atoms with Crippen molar-refractivity contribution in [1.29, 1.82) is 0 Å². The van der Waals surface area contributed by atoms with Crippen LogP contribution in [-0.2, 0) is 23.7 Å². The molecule has 3 rings (SSSR count). The number of aliphatic hydroxyl groups excluding tert-OH is 5. The monoisotopic (exact) mass is 374 g/mol. The van der Waals surface area contributed by atoms with Gasteiger partial charge in [0.1, 0.15) is 37.1 Å². The summed E-state index contributed by atoms with van der Waals surface area (Å²) in [6.07, 6.45) is -6.72. The van der Waals surface area contributed by atoms with Crippen LogP contribution in [0, 0.1) is 5.92 Å². The van der Waals surface area contributed by atoms with Crippen LogP contribution in [0.5, 0.6) is 0 Å². The Bertz CT molecular complexity index is 600. The topological polar surface area (TPSA) is 155 Å². The molecule has 3 aliphatic rings. The van der Waals surface area contributed by atoms with Gasteiger partial charge < -0.3 is 44.5 Å². The van der Waals surface area contributed by atoms with E-state index in [-0.39, 0.29) is 12.2 Å². The van der Waals surface area contributed by atoms with Crippen LogP contribution in [-0.4, -0.2) is 87.8 Å². The van der Waals surface area contributed by atoms with E-state index in [1.165, 1.54) is 6.26 Å². The molecule has 0 spiro atoms. The number of esters is 1. The molecule has 146 valence electrons. The molecule has 1 fully saturated rings. The maximum absolute atomic E-state index is 11.8. The zero-order valence-corrected chi connectivity index (χ0v) is 14.0. The first-order valence-corrected chi connectivity index (χ1v) is 8.22. The molecule has 0 aromatic rings. The zero-order valence-electron chi connectivity index (χ0n) is 14.0. The minimum absolute atomic E-state index is 0.0431. The van der Waals surface area contributed by atoms with Gasteiger partial charge in [-0.05, 0) is 18.6 Å². The van der Waals surface area contributed by atoms with Gasteiger partial charge in [0.05, 0.1) is 24.4 Å². The van der Waals surface area contributed by atoms with Gasteiger partial charge in [0.15, 0.2) is 12.6 Å². The highest BCUT2D eigenvalue weighted by Crippen LogP contribution is 2.36. The first-order valence-electron chi connectivity index (χ1n) is 8.22. The first-order chi connectivity index (χ1) is 12.3. The summed E-state index contributed by atoms with van der Waals surface area (Å²) < 4.78 is 20.8. The van der Waals surface area contributed by atoms with Gasteiger partial charge >= 0.3 is 5.97 Å². The lowest BCUT2D eigenvalue weighted by molar-refractivity contribution is -0.339. The first kappa shape index (κ1) is 19.2. The number of aliphatic hydroxyl groups is 5. The number of cyclic esters (lactones) is 1. The minimum Gasteiger partial charge on any atom is -0.497 e. The Morgan fingerprint density at radius 2 is 2.00 bits per heavy atom. The lowest BCUT2D eigenvalue weighted by Gasteiger charge is -2.42. The number of carbonyl (C=O) groups is 1. The molecule has 3 unspecified atom stereocenters. The van der Waals surface area contributed by atoms with Gasteiger partial charge in [-0.3, -0.25) is 0 Å². The summed E-state index contributed by atoms with van der Waals surface area (Å²) in [5.41, 5.74) is 0.646. The Labute approximate surface area is 148 Å². The van der Waals surface area contributed by atoms with Crippen molar-refractivity contribution >= 4 is 5.97 Å². The van der Waals surface area contributed by atoms with E-state index in [0.29, 0.717) is 5.57 Å². The SMILES string of the molecule is CC1OC=C2C(=O)OCC=C2C1C(O)O[C@@H]1O[C@H](CO)[C@@H](O)[C@H](O)[C@H]1O. The molecule has 0 amide bonds. The van der Waals surface area contributed by atoms with E-state index in [4.69, 9.17) is 18.9 Å². The Morgan fingerprint density at radius 3 is 2.69 bits per heavy atom. The van der Waals surface area contributed by atoms with Crippen LogP contribution in [0.4, 0.5) is 0 Å². The lowest BCUT2D eigenvalue weighted by Crippen LogP contribution is -2.60. The highest BCUT2D eigenvalue weighted by molar-refractivity contribution is 5.94. The summed E-state index contributed by atoms with van der Waals surface area (Å²) in [4.78, 5) is 11.8. The number of hydrogen-bond donors (Lipinski definition) is 5. The fourth-order valence-corrected chi connectivity index (χ4v) is 3.24. The molecule has 10 nitrogen and oxygen atoms in total. The summed E-state index contributed by atoms with van der Waals surface area (Å²) in [7, 11) is 0. The molecular formula is C16H22O10. The van der Waals surface area contributed by atoms with Crippen LogP contribution < -0.4 is 0 Å². The fourth-order valence-electron chi connectivity index (χ4n) is 3.24. The maximum Gasteiger partial charge on any atom is 0.341 e. The predicted molar refractivity (Wildman–Crippen MR) is 82.0 cm³/mol. The molecule has 5 N–H and O–H groups in total. The minimum atomic E-state index is -1.65. The van der Waals surface area contributed by atoms with Crippen LogP contribution in [0.3, 0.4) is 0 Å². The Morgan fingerprint density at radius 1 is 1.27 bits per heavy atom. The number of hydrogen-bond acceptors (Lipinski definition) is 10. The molecule has 8 atom stereocenters. The molecule has 0 aliphatic carbocycles. The molecule has 3 heterocycles. The number of fused-ring (bicyclic) bond motifs is 1. The Kier molecular flexibility index (Phi) is 5.63. The summed E-state index contributed by atoms with van der Waals surface area (Å²) >= 11 is 0. The molecule has 0 aromatic carbocycles. The highest BCUT2D eigenvalue weighted by atomic mass is 16.7. The summed E-state index contributed by atoms with van der Waals surface area (Å²) in [6.45, 7) is 1.09. The average molecular weight is 374 g/mol. The molecule has 0 bridgehead atoms. The second kappa shape index (κ2) is 7.61. The van der Waals surface area contributed by atoms with Gasteiger partial charge in [-0.2, -0.15) is 0 Å². The Balaban J connectivity index is 1.76. The van der Waals surface area contributed by atoms with Gasteiger partial charge in [0.2, 0.25) is 0 Å². The van der Waals surface area contributed by atoms with Gasteiger partial charge in [0.25, 0.3) is 0 Å². The highest BCUT2D eigenvalue weighted by Gasteiger charge is 2.47. The summed E-state index contributed by atoms with van der Waals surface area (Å²) in [5, 5.41) is 49.4. The normalized spacial score (nSPS) is 41.3. The van der Waals surface area contributed by atoms with Crippen molar-refractivity contribution in [2.75, 3.05) is 13.2 Å². The molecule has 0 radical (unpaired) electrons. The molecule has 0 aromatic heterocycles. The van der Waals surface area contributed by atoms with Gasteiger partial charge in [-0.1, -0.05) is 0 Å². The van der Waals surface area contributed by atoms with E-state index < -0.39 is 61.6 Å². The number of ether oxygens (including phenoxy) is 4. The third kappa shape index (κ3) is 3.37. The Hall–Kier alpha value is -1.53. The van der Waals surface area contributed by atoms with Crippen molar-refractivity contribution in [2.24, 2.45) is 5.92 Å². The van der Waals surface area contributed by atoms with Crippen LogP contribution in [0.1, 0.15) is 6.92 Å². The summed E-state index contributed by atoms with van der Waals surface area (Å²) in [5.74, 6) is -1.37. The molecule has 26 heavy (non-hydrogen) atoms. The second-order valence-corrected chi connectivity index (χ2v) is 6.38.